The van der Waals surface area contributed by atoms with Gasteiger partial charge in [-0.3, -0.25) is 13.9 Å². The number of fused-ring (bicyclic) bond motifs is 1. The van der Waals surface area contributed by atoms with Crippen molar-refractivity contribution in [2.75, 3.05) is 0 Å². The maximum absolute atomic E-state index is 12.6. The van der Waals surface area contributed by atoms with Gasteiger partial charge in [0.15, 0.2) is 11.2 Å². The molecule has 0 saturated carbocycles. The summed E-state index contributed by atoms with van der Waals surface area (Å²) < 4.78 is 4.03. The van der Waals surface area contributed by atoms with E-state index in [4.69, 9.17) is 0 Å². The minimum absolute atomic E-state index is 0.0140. The Balaban J connectivity index is 2.27. The molecule has 0 spiro atoms. The van der Waals surface area contributed by atoms with E-state index in [1.165, 1.54) is 10.9 Å². The fourth-order valence-corrected chi connectivity index (χ4v) is 2.55. The number of imidazole rings is 1. The van der Waals surface area contributed by atoms with Crippen LogP contribution in [0.3, 0.4) is 0 Å². The lowest BCUT2D eigenvalue weighted by Gasteiger charge is -2.10. The lowest BCUT2D eigenvalue weighted by Crippen LogP contribution is -2.39. The lowest BCUT2D eigenvalue weighted by molar-refractivity contribution is 0.464. The van der Waals surface area contributed by atoms with Crippen LogP contribution in [0.15, 0.2) is 34.1 Å². The molecule has 0 aliphatic heterocycles. The molecular weight excluding hydrogens is 284 g/mol. The lowest BCUT2D eigenvalue weighted by atomic mass is 10.1. The van der Waals surface area contributed by atoms with E-state index in [1.54, 1.807) is 36.9 Å². The molecule has 2 heterocycles. The molecule has 0 saturated heterocycles. The van der Waals surface area contributed by atoms with Gasteiger partial charge in [0.25, 0.3) is 5.56 Å². The Labute approximate surface area is 125 Å². The van der Waals surface area contributed by atoms with E-state index in [-0.39, 0.29) is 12.3 Å². The summed E-state index contributed by atoms with van der Waals surface area (Å²) in [4.78, 5) is 29.1. The SMILES string of the molecule is Cc1ccc(O)c(Cn2c(=O)c3c(ncn3C)n(C)c2=O)c1. The highest BCUT2D eigenvalue weighted by Crippen LogP contribution is 2.18. The van der Waals surface area contributed by atoms with E-state index in [1.807, 2.05) is 6.92 Å². The molecule has 3 aromatic rings. The third-order valence-corrected chi connectivity index (χ3v) is 3.76. The number of benzene rings is 1. The van der Waals surface area contributed by atoms with Gasteiger partial charge < -0.3 is 9.67 Å². The Morgan fingerprint density at radius 3 is 2.68 bits per heavy atom. The minimum atomic E-state index is -0.461. The molecule has 2 aromatic heterocycles. The van der Waals surface area contributed by atoms with Crippen LogP contribution in [-0.2, 0) is 20.6 Å². The molecule has 7 nitrogen and oxygen atoms in total. The maximum Gasteiger partial charge on any atom is 0.332 e. The summed E-state index contributed by atoms with van der Waals surface area (Å²) in [6.45, 7) is 1.90. The van der Waals surface area contributed by atoms with Crippen molar-refractivity contribution in [1.29, 1.82) is 0 Å². The number of aromatic hydroxyl groups is 1. The first-order chi connectivity index (χ1) is 10.4. The second kappa shape index (κ2) is 4.87. The van der Waals surface area contributed by atoms with Crippen molar-refractivity contribution < 1.29 is 5.11 Å². The number of hydrogen-bond donors (Lipinski definition) is 1. The van der Waals surface area contributed by atoms with Crippen LogP contribution in [0.25, 0.3) is 11.2 Å². The number of aryl methyl sites for hydroxylation is 3. The zero-order valence-electron chi connectivity index (χ0n) is 12.6. The molecule has 7 heteroatoms. The summed E-state index contributed by atoms with van der Waals surface area (Å²) in [6, 6.07) is 5.08. The molecule has 0 fully saturated rings. The Morgan fingerprint density at radius 2 is 1.95 bits per heavy atom. The molecule has 3 rings (SSSR count). The van der Waals surface area contributed by atoms with Crippen molar-refractivity contribution in [3.8, 4) is 5.75 Å². The highest BCUT2D eigenvalue weighted by atomic mass is 16.3. The Hall–Kier alpha value is -2.83. The summed E-state index contributed by atoms with van der Waals surface area (Å²) in [5.74, 6) is 0.0599. The number of rotatable bonds is 2. The van der Waals surface area contributed by atoms with Gasteiger partial charge in [-0.15, -0.1) is 0 Å². The fraction of sp³-hybridized carbons (Fsp3) is 0.267. The molecule has 1 aromatic carbocycles. The van der Waals surface area contributed by atoms with Gasteiger partial charge in [-0.25, -0.2) is 9.78 Å². The predicted molar refractivity (Wildman–Crippen MR) is 82.2 cm³/mol. The highest BCUT2D eigenvalue weighted by Gasteiger charge is 2.16. The molecular formula is C15H16N4O3. The Morgan fingerprint density at radius 1 is 1.23 bits per heavy atom. The zero-order valence-corrected chi connectivity index (χ0v) is 12.6. The van der Waals surface area contributed by atoms with Gasteiger partial charge in [-0.1, -0.05) is 17.7 Å². The fourth-order valence-electron chi connectivity index (χ4n) is 2.55. The van der Waals surface area contributed by atoms with E-state index >= 15 is 0 Å². The summed E-state index contributed by atoms with van der Waals surface area (Å²) >= 11 is 0. The molecule has 0 atom stereocenters. The smallest absolute Gasteiger partial charge is 0.332 e. The molecule has 22 heavy (non-hydrogen) atoms. The van der Waals surface area contributed by atoms with Gasteiger partial charge >= 0.3 is 5.69 Å². The van der Waals surface area contributed by atoms with E-state index in [0.717, 1.165) is 10.1 Å². The van der Waals surface area contributed by atoms with E-state index in [0.29, 0.717) is 16.7 Å². The van der Waals surface area contributed by atoms with Crippen molar-refractivity contribution in [2.45, 2.75) is 13.5 Å². The molecule has 0 aliphatic carbocycles. The average molecular weight is 300 g/mol. The summed E-state index contributed by atoms with van der Waals surface area (Å²) in [5.41, 5.74) is 1.30. The first kappa shape index (κ1) is 14.1. The van der Waals surface area contributed by atoms with Crippen molar-refractivity contribution >= 4 is 11.2 Å². The van der Waals surface area contributed by atoms with Crippen LogP contribution in [-0.4, -0.2) is 23.8 Å². The Bertz CT molecular complexity index is 994. The van der Waals surface area contributed by atoms with Gasteiger partial charge in [0.2, 0.25) is 0 Å². The second-order valence-electron chi connectivity index (χ2n) is 5.39. The average Bonchev–Trinajstić information content (AvgIpc) is 2.87. The molecule has 0 bridgehead atoms. The van der Waals surface area contributed by atoms with E-state index < -0.39 is 11.2 Å². The molecule has 0 aliphatic rings. The number of aromatic nitrogens is 4. The molecule has 0 radical (unpaired) electrons. The standard InChI is InChI=1S/C15H16N4O3/c1-9-4-5-11(20)10(6-9)7-19-14(21)12-13(16-8-17(12)2)18(3)15(19)22/h4-6,8,20H,7H2,1-3H3. The minimum Gasteiger partial charge on any atom is -0.508 e. The highest BCUT2D eigenvalue weighted by molar-refractivity contribution is 5.69. The summed E-state index contributed by atoms with van der Waals surface area (Å²) in [7, 11) is 3.28. The van der Waals surface area contributed by atoms with Crippen LogP contribution >= 0.6 is 0 Å². The first-order valence-electron chi connectivity index (χ1n) is 6.79. The van der Waals surface area contributed by atoms with Crippen molar-refractivity contribution in [3.63, 3.8) is 0 Å². The molecule has 0 amide bonds. The summed E-state index contributed by atoms with van der Waals surface area (Å²) in [5, 5.41) is 9.93. The maximum atomic E-state index is 12.6. The topological polar surface area (TPSA) is 82.1 Å². The first-order valence-corrected chi connectivity index (χ1v) is 6.79. The number of phenols is 1. The summed E-state index contributed by atoms with van der Waals surface area (Å²) in [6.07, 6.45) is 1.50. The largest absolute Gasteiger partial charge is 0.508 e. The number of hydrogen-bond acceptors (Lipinski definition) is 4. The number of phenolic OH excluding ortho intramolecular Hbond substituents is 1. The van der Waals surface area contributed by atoms with Gasteiger partial charge in [0, 0.05) is 19.7 Å². The van der Waals surface area contributed by atoms with Crippen LogP contribution in [0.2, 0.25) is 0 Å². The predicted octanol–water partition coefficient (Wildman–Crippen LogP) is 0.496. The molecule has 0 unspecified atom stereocenters. The van der Waals surface area contributed by atoms with Gasteiger partial charge in [-0.05, 0) is 13.0 Å². The van der Waals surface area contributed by atoms with Crippen LogP contribution in [0, 0.1) is 6.92 Å². The van der Waals surface area contributed by atoms with E-state index in [9.17, 15) is 14.7 Å². The monoisotopic (exact) mass is 300 g/mol. The van der Waals surface area contributed by atoms with Crippen molar-refractivity contribution in [2.24, 2.45) is 14.1 Å². The van der Waals surface area contributed by atoms with Crippen LogP contribution < -0.4 is 11.2 Å². The van der Waals surface area contributed by atoms with Crippen LogP contribution in [0.5, 0.6) is 5.75 Å². The van der Waals surface area contributed by atoms with Gasteiger partial charge in [0.1, 0.15) is 5.75 Å². The molecule has 1 N–H and O–H groups in total. The quantitative estimate of drug-likeness (QED) is 0.747. The van der Waals surface area contributed by atoms with Crippen LogP contribution in [0.1, 0.15) is 11.1 Å². The Kier molecular flexibility index (Phi) is 3.13. The number of nitrogens with zero attached hydrogens (tertiary/aromatic N) is 4. The van der Waals surface area contributed by atoms with Crippen LogP contribution in [0.4, 0.5) is 0 Å². The zero-order chi connectivity index (χ0) is 16.0. The normalized spacial score (nSPS) is 11.2. The second-order valence-corrected chi connectivity index (χ2v) is 5.39. The molecule has 114 valence electrons. The third kappa shape index (κ3) is 2.02. The van der Waals surface area contributed by atoms with Gasteiger partial charge in [-0.2, -0.15) is 0 Å². The van der Waals surface area contributed by atoms with Crippen molar-refractivity contribution in [1.82, 2.24) is 18.7 Å². The van der Waals surface area contributed by atoms with Gasteiger partial charge in [0.05, 0.1) is 12.9 Å². The van der Waals surface area contributed by atoms with Crippen molar-refractivity contribution in [3.05, 3.63) is 56.5 Å². The third-order valence-electron chi connectivity index (χ3n) is 3.76. The van der Waals surface area contributed by atoms with E-state index in [2.05, 4.69) is 4.98 Å².